The molecule has 0 aliphatic rings. The summed E-state index contributed by atoms with van der Waals surface area (Å²) in [5, 5.41) is 0. The summed E-state index contributed by atoms with van der Waals surface area (Å²) in [7, 11) is 0. The molecule has 0 saturated carbocycles. The van der Waals surface area contributed by atoms with Gasteiger partial charge in [-0.3, -0.25) is 19.2 Å². The van der Waals surface area contributed by atoms with Gasteiger partial charge in [0.2, 0.25) is 0 Å². The minimum absolute atomic E-state index is 0.203. The highest BCUT2D eigenvalue weighted by Crippen LogP contribution is 2.21. The largest absolute Gasteiger partial charge is 0.422 e. The second-order valence-corrected chi connectivity index (χ2v) is 6.34. The molecule has 6 nitrogen and oxygen atoms in total. The molecule has 0 amide bonds. The molecule has 0 radical (unpaired) electrons. The number of ether oxygens (including phenoxy) is 2. The molecule has 7 heteroatoms. The third-order valence-electron chi connectivity index (χ3n) is 3.14. The lowest BCUT2D eigenvalue weighted by Gasteiger charge is -2.28. The summed E-state index contributed by atoms with van der Waals surface area (Å²) in [6.07, 6.45) is 1.66. The zero-order valence-corrected chi connectivity index (χ0v) is 15.7. The van der Waals surface area contributed by atoms with Crippen LogP contribution < -0.4 is 0 Å². The monoisotopic (exact) mass is 392 g/mol. The van der Waals surface area contributed by atoms with E-state index in [1.54, 1.807) is 6.92 Å². The summed E-state index contributed by atoms with van der Waals surface area (Å²) in [6, 6.07) is 0. The van der Waals surface area contributed by atoms with Gasteiger partial charge in [0.25, 0.3) is 5.79 Å². The van der Waals surface area contributed by atoms with Crippen molar-refractivity contribution in [2.75, 3.05) is 0 Å². The number of carbonyl (C=O) groups is 4. The van der Waals surface area contributed by atoms with E-state index in [9.17, 15) is 19.2 Å². The fourth-order valence-corrected chi connectivity index (χ4v) is 2.06. The van der Waals surface area contributed by atoms with Crippen LogP contribution in [0.15, 0.2) is 0 Å². The quantitative estimate of drug-likeness (QED) is 0.232. The molecule has 0 fully saturated rings. The highest BCUT2D eigenvalue weighted by atomic mass is 79.9. The van der Waals surface area contributed by atoms with Crippen molar-refractivity contribution < 1.29 is 28.7 Å². The molecule has 0 spiro atoms. The number of halogens is 1. The van der Waals surface area contributed by atoms with Crippen LogP contribution in [0.5, 0.6) is 0 Å². The van der Waals surface area contributed by atoms with Gasteiger partial charge in [-0.25, -0.2) is 0 Å². The number of esters is 2. The van der Waals surface area contributed by atoms with E-state index in [4.69, 9.17) is 9.47 Å². The zero-order chi connectivity index (χ0) is 18.0. The summed E-state index contributed by atoms with van der Waals surface area (Å²) >= 11 is 3.00. The van der Waals surface area contributed by atoms with E-state index in [1.807, 2.05) is 13.8 Å². The Labute approximate surface area is 145 Å². The molecule has 0 aromatic rings. The van der Waals surface area contributed by atoms with Gasteiger partial charge in [0.1, 0.15) is 12.2 Å². The van der Waals surface area contributed by atoms with Gasteiger partial charge < -0.3 is 9.47 Å². The molecule has 2 unspecified atom stereocenters. The molecule has 2 atom stereocenters. The van der Waals surface area contributed by atoms with E-state index in [1.165, 1.54) is 6.92 Å². The number of rotatable bonds is 11. The second-order valence-electron chi connectivity index (χ2n) is 5.43. The molecule has 0 aromatic heterocycles. The molecule has 23 heavy (non-hydrogen) atoms. The lowest BCUT2D eigenvalue weighted by Crippen LogP contribution is -2.40. The summed E-state index contributed by atoms with van der Waals surface area (Å²) in [5.41, 5.74) is 0. The Kier molecular flexibility index (Phi) is 9.95. The molecule has 0 N–H and O–H groups in total. The normalized spacial score (nSPS) is 14.5. The van der Waals surface area contributed by atoms with Crippen molar-refractivity contribution in [1.82, 2.24) is 0 Å². The molecule has 0 saturated heterocycles. The number of hydrogen-bond donors (Lipinski definition) is 0. The van der Waals surface area contributed by atoms with Crippen LogP contribution in [0.2, 0.25) is 0 Å². The predicted octanol–water partition coefficient (Wildman–Crippen LogP) is 3.09. The number of Topliss-reactive ketones (excluding diaryl/α,β-unsaturated/α-hetero) is 2. The second kappa shape index (κ2) is 10.5. The lowest BCUT2D eigenvalue weighted by molar-refractivity contribution is -0.222. The van der Waals surface area contributed by atoms with Crippen molar-refractivity contribution in [3.8, 4) is 0 Å². The van der Waals surface area contributed by atoms with Gasteiger partial charge in [0.15, 0.2) is 10.6 Å². The minimum atomic E-state index is -1.50. The average molecular weight is 393 g/mol. The first-order valence-electron chi connectivity index (χ1n) is 7.82. The van der Waals surface area contributed by atoms with Gasteiger partial charge in [-0.2, -0.15) is 0 Å². The van der Waals surface area contributed by atoms with Crippen molar-refractivity contribution in [3.63, 3.8) is 0 Å². The van der Waals surface area contributed by atoms with Gasteiger partial charge in [-0.05, 0) is 12.8 Å². The highest BCUT2D eigenvalue weighted by Gasteiger charge is 2.35. The number of carbonyl (C=O) groups excluding carboxylic acids is 4. The zero-order valence-electron chi connectivity index (χ0n) is 14.1. The smallest absolute Gasteiger partial charge is 0.330 e. The van der Waals surface area contributed by atoms with Crippen LogP contribution in [-0.2, 0) is 28.7 Å². The third kappa shape index (κ3) is 8.25. The Hall–Kier alpha value is -1.24. The van der Waals surface area contributed by atoms with Crippen molar-refractivity contribution in [2.45, 2.75) is 76.8 Å². The van der Waals surface area contributed by atoms with E-state index in [0.717, 1.165) is 0 Å². The lowest BCUT2D eigenvalue weighted by atomic mass is 10.1. The summed E-state index contributed by atoms with van der Waals surface area (Å²) in [4.78, 5) is 45.8. The van der Waals surface area contributed by atoms with Crippen LogP contribution in [0.25, 0.3) is 0 Å². The molecule has 132 valence electrons. The summed E-state index contributed by atoms with van der Waals surface area (Å²) < 4.78 is 10.3. The first kappa shape index (κ1) is 21.8. The van der Waals surface area contributed by atoms with Crippen LogP contribution >= 0.6 is 15.9 Å². The standard InChI is InChI=1S/C16H25BrO6/c1-5-8-11(18)10-13(20)22-16(4,7-3)23-15(21)14(17)12(19)9-6-2/h14H,5-10H2,1-4H3. The van der Waals surface area contributed by atoms with Gasteiger partial charge in [0, 0.05) is 26.2 Å². The summed E-state index contributed by atoms with van der Waals surface area (Å²) in [6.45, 7) is 6.77. The van der Waals surface area contributed by atoms with Crippen LogP contribution in [0.4, 0.5) is 0 Å². The number of hydrogen-bond acceptors (Lipinski definition) is 6. The Bertz CT molecular complexity index is 448. The minimum Gasteiger partial charge on any atom is -0.422 e. The first-order valence-corrected chi connectivity index (χ1v) is 8.73. The maximum atomic E-state index is 12.0. The van der Waals surface area contributed by atoms with E-state index < -0.39 is 22.6 Å². The number of alkyl halides is 1. The Morgan fingerprint density at radius 2 is 1.57 bits per heavy atom. The Balaban J connectivity index is 4.71. The fraction of sp³-hybridized carbons (Fsp3) is 0.750. The van der Waals surface area contributed by atoms with Gasteiger partial charge in [-0.1, -0.05) is 36.7 Å². The molecule has 0 rings (SSSR count). The highest BCUT2D eigenvalue weighted by molar-refractivity contribution is 9.10. The van der Waals surface area contributed by atoms with E-state index in [0.29, 0.717) is 19.3 Å². The van der Waals surface area contributed by atoms with Crippen LogP contribution in [-0.4, -0.2) is 34.1 Å². The summed E-state index contributed by atoms with van der Waals surface area (Å²) in [5.74, 6) is -3.56. The average Bonchev–Trinajstić information content (AvgIpc) is 2.46. The van der Waals surface area contributed by atoms with Gasteiger partial charge >= 0.3 is 11.9 Å². The predicted molar refractivity (Wildman–Crippen MR) is 88.0 cm³/mol. The van der Waals surface area contributed by atoms with Crippen LogP contribution in [0.1, 0.15) is 66.2 Å². The molecule has 0 aliphatic carbocycles. The molecule has 0 aliphatic heterocycles. The fourth-order valence-electron chi connectivity index (χ4n) is 1.74. The van der Waals surface area contributed by atoms with Crippen molar-refractivity contribution in [3.05, 3.63) is 0 Å². The van der Waals surface area contributed by atoms with Crippen LogP contribution in [0.3, 0.4) is 0 Å². The Morgan fingerprint density at radius 3 is 2.04 bits per heavy atom. The maximum absolute atomic E-state index is 12.0. The van der Waals surface area contributed by atoms with E-state index in [-0.39, 0.29) is 30.8 Å². The third-order valence-corrected chi connectivity index (χ3v) is 4.03. The van der Waals surface area contributed by atoms with Crippen LogP contribution in [0, 0.1) is 0 Å². The van der Waals surface area contributed by atoms with E-state index >= 15 is 0 Å². The molecule has 0 aromatic carbocycles. The molecular weight excluding hydrogens is 368 g/mol. The first-order chi connectivity index (χ1) is 10.7. The molecular formula is C16H25BrO6. The molecule has 0 bridgehead atoms. The van der Waals surface area contributed by atoms with Crippen molar-refractivity contribution in [2.24, 2.45) is 0 Å². The van der Waals surface area contributed by atoms with E-state index in [2.05, 4.69) is 15.9 Å². The van der Waals surface area contributed by atoms with Crippen molar-refractivity contribution >= 4 is 39.4 Å². The van der Waals surface area contributed by atoms with Gasteiger partial charge in [0.05, 0.1) is 0 Å². The topological polar surface area (TPSA) is 86.7 Å². The van der Waals surface area contributed by atoms with Gasteiger partial charge in [-0.15, -0.1) is 0 Å². The van der Waals surface area contributed by atoms with Crippen molar-refractivity contribution in [1.29, 1.82) is 0 Å². The number of ketones is 2. The SMILES string of the molecule is CCCC(=O)CC(=O)OC(C)(CC)OC(=O)C(Br)C(=O)CCC. The maximum Gasteiger partial charge on any atom is 0.330 e. The Morgan fingerprint density at radius 1 is 1.00 bits per heavy atom. The molecule has 0 heterocycles.